The number of hydrogen-bond donors (Lipinski definition) is 1. The highest BCUT2D eigenvalue weighted by atomic mass is 16.3. The molecule has 1 saturated heterocycles. The fourth-order valence-corrected chi connectivity index (χ4v) is 5.07. The Bertz CT molecular complexity index is 852. The van der Waals surface area contributed by atoms with E-state index < -0.39 is 0 Å². The summed E-state index contributed by atoms with van der Waals surface area (Å²) in [4.78, 5) is 5.26. The minimum Gasteiger partial charge on any atom is -0.508 e. The van der Waals surface area contributed by atoms with Gasteiger partial charge in [0, 0.05) is 38.8 Å². The van der Waals surface area contributed by atoms with Gasteiger partial charge in [0.05, 0.1) is 0 Å². The summed E-state index contributed by atoms with van der Waals surface area (Å²) >= 11 is 0. The number of nitrogens with zero attached hydrogens (tertiary/aromatic N) is 2. The van der Waals surface area contributed by atoms with Crippen LogP contribution in [-0.4, -0.2) is 53.7 Å². The van der Waals surface area contributed by atoms with Gasteiger partial charge in [-0.25, -0.2) is 0 Å². The zero-order valence-electron chi connectivity index (χ0n) is 19.8. The Balaban J connectivity index is 1.48. The SMILES string of the molecule is CCC/C(=C(/C/C=C\CN1CCN(C2CC2)CC1)C1=CC(O)=CCCC1)c1ccccc1. The minimum absolute atomic E-state index is 0.427. The zero-order valence-corrected chi connectivity index (χ0v) is 19.8. The molecule has 32 heavy (non-hydrogen) atoms. The predicted molar refractivity (Wildman–Crippen MR) is 136 cm³/mol. The molecular weight excluding hydrogens is 392 g/mol. The third-order valence-electron chi connectivity index (χ3n) is 7.02. The van der Waals surface area contributed by atoms with Crippen LogP contribution >= 0.6 is 0 Å². The van der Waals surface area contributed by atoms with E-state index in [1.54, 1.807) is 0 Å². The normalized spacial score (nSPS) is 21.8. The van der Waals surface area contributed by atoms with Gasteiger partial charge >= 0.3 is 0 Å². The average molecular weight is 433 g/mol. The van der Waals surface area contributed by atoms with Crippen molar-refractivity contribution < 1.29 is 5.11 Å². The Morgan fingerprint density at radius 1 is 1.03 bits per heavy atom. The number of piperazine rings is 1. The van der Waals surface area contributed by atoms with Gasteiger partial charge in [-0.1, -0.05) is 55.8 Å². The van der Waals surface area contributed by atoms with E-state index >= 15 is 0 Å². The monoisotopic (exact) mass is 432 g/mol. The second-order valence-corrected chi connectivity index (χ2v) is 9.51. The van der Waals surface area contributed by atoms with Gasteiger partial charge in [0.1, 0.15) is 5.76 Å². The van der Waals surface area contributed by atoms with Gasteiger partial charge in [0.15, 0.2) is 0 Å². The Kier molecular flexibility index (Phi) is 8.42. The van der Waals surface area contributed by atoms with Gasteiger partial charge < -0.3 is 5.11 Å². The van der Waals surface area contributed by atoms with Gasteiger partial charge in [0.2, 0.25) is 0 Å². The van der Waals surface area contributed by atoms with E-state index in [1.165, 1.54) is 61.3 Å². The zero-order chi connectivity index (χ0) is 22.2. The van der Waals surface area contributed by atoms with E-state index in [4.69, 9.17) is 0 Å². The summed E-state index contributed by atoms with van der Waals surface area (Å²) in [5, 5.41) is 10.3. The van der Waals surface area contributed by atoms with E-state index in [0.717, 1.165) is 51.1 Å². The lowest BCUT2D eigenvalue weighted by molar-refractivity contribution is 0.136. The van der Waals surface area contributed by atoms with E-state index in [1.807, 2.05) is 12.2 Å². The first-order chi connectivity index (χ1) is 15.7. The summed E-state index contributed by atoms with van der Waals surface area (Å²) in [7, 11) is 0. The molecule has 1 aromatic carbocycles. The van der Waals surface area contributed by atoms with E-state index in [-0.39, 0.29) is 0 Å². The molecule has 1 aliphatic heterocycles. The molecule has 1 aromatic rings. The summed E-state index contributed by atoms with van der Waals surface area (Å²) in [6.45, 7) is 8.16. The van der Waals surface area contributed by atoms with E-state index in [2.05, 4.69) is 59.2 Å². The summed E-state index contributed by atoms with van der Waals surface area (Å²) in [6.07, 6.45) is 17.8. The van der Waals surface area contributed by atoms with Crippen LogP contribution in [0.5, 0.6) is 0 Å². The van der Waals surface area contributed by atoms with Crippen LogP contribution in [0.2, 0.25) is 0 Å². The van der Waals surface area contributed by atoms with Crippen molar-refractivity contribution in [2.45, 2.75) is 64.3 Å². The van der Waals surface area contributed by atoms with Gasteiger partial charge in [-0.15, -0.1) is 0 Å². The van der Waals surface area contributed by atoms with Gasteiger partial charge in [-0.3, -0.25) is 9.80 Å². The Morgan fingerprint density at radius 2 is 1.81 bits per heavy atom. The number of aliphatic hydroxyl groups excluding tert-OH is 1. The molecule has 0 bridgehead atoms. The van der Waals surface area contributed by atoms with Crippen LogP contribution < -0.4 is 0 Å². The molecule has 2 fully saturated rings. The molecule has 172 valence electrons. The maximum atomic E-state index is 10.3. The minimum atomic E-state index is 0.427. The standard InChI is InChI=1S/C29H40N2O/c1-2-10-28(24-11-4-3-5-12-24)29(25-13-6-7-14-27(32)23-25)15-8-9-18-30-19-21-31(22-20-30)26-16-17-26/h3-5,8-9,11-12,14,23,26,32H,2,6-7,10,13,15-22H2,1H3/b9-8-,29-28+. The molecule has 0 spiro atoms. The van der Waals surface area contributed by atoms with Crippen LogP contribution in [0.25, 0.3) is 5.57 Å². The fraction of sp³-hybridized carbons (Fsp3) is 0.517. The van der Waals surface area contributed by atoms with Crippen molar-refractivity contribution in [2.24, 2.45) is 0 Å². The molecule has 3 heteroatoms. The Labute approximate surface area is 194 Å². The second-order valence-electron chi connectivity index (χ2n) is 9.51. The van der Waals surface area contributed by atoms with Crippen LogP contribution in [0.1, 0.15) is 63.9 Å². The molecule has 3 nitrogen and oxygen atoms in total. The van der Waals surface area contributed by atoms with Crippen molar-refractivity contribution in [1.29, 1.82) is 0 Å². The van der Waals surface area contributed by atoms with Crippen molar-refractivity contribution in [3.63, 3.8) is 0 Å². The maximum absolute atomic E-state index is 10.3. The summed E-state index contributed by atoms with van der Waals surface area (Å²) in [5.41, 5.74) is 5.49. The highest BCUT2D eigenvalue weighted by Crippen LogP contribution is 2.34. The smallest absolute Gasteiger partial charge is 0.111 e. The first-order valence-corrected chi connectivity index (χ1v) is 12.7. The summed E-state index contributed by atoms with van der Waals surface area (Å²) in [6, 6.07) is 11.7. The van der Waals surface area contributed by atoms with Crippen molar-refractivity contribution in [3.05, 3.63) is 77.1 Å². The molecule has 0 aromatic heterocycles. The topological polar surface area (TPSA) is 26.7 Å². The first kappa shape index (κ1) is 23.1. The molecule has 3 aliphatic rings. The lowest BCUT2D eigenvalue weighted by Gasteiger charge is -2.34. The largest absolute Gasteiger partial charge is 0.508 e. The molecule has 0 amide bonds. The fourth-order valence-electron chi connectivity index (χ4n) is 5.07. The number of benzene rings is 1. The summed E-state index contributed by atoms with van der Waals surface area (Å²) < 4.78 is 0. The number of allylic oxidation sites excluding steroid dienone is 6. The summed E-state index contributed by atoms with van der Waals surface area (Å²) in [5.74, 6) is 0.427. The van der Waals surface area contributed by atoms with Gasteiger partial charge in [0.25, 0.3) is 0 Å². The van der Waals surface area contributed by atoms with E-state index in [0.29, 0.717) is 5.76 Å². The van der Waals surface area contributed by atoms with E-state index in [9.17, 15) is 5.11 Å². The van der Waals surface area contributed by atoms with Gasteiger partial charge in [-0.05, 0) is 79.4 Å². The van der Waals surface area contributed by atoms with Crippen LogP contribution in [0, 0.1) is 0 Å². The highest BCUT2D eigenvalue weighted by molar-refractivity contribution is 5.73. The lowest BCUT2D eigenvalue weighted by atomic mass is 9.87. The Hall–Kier alpha value is -2.10. The van der Waals surface area contributed by atoms with Crippen molar-refractivity contribution in [2.75, 3.05) is 32.7 Å². The maximum Gasteiger partial charge on any atom is 0.111 e. The average Bonchev–Trinajstić information content (AvgIpc) is 3.68. The van der Waals surface area contributed by atoms with Crippen LogP contribution in [-0.2, 0) is 0 Å². The van der Waals surface area contributed by atoms with Crippen molar-refractivity contribution in [1.82, 2.24) is 9.80 Å². The third kappa shape index (κ3) is 6.46. The molecule has 1 saturated carbocycles. The molecule has 1 N–H and O–H groups in total. The number of aliphatic hydroxyl groups is 1. The highest BCUT2D eigenvalue weighted by Gasteiger charge is 2.30. The predicted octanol–water partition coefficient (Wildman–Crippen LogP) is 6.52. The quantitative estimate of drug-likeness (QED) is 0.450. The van der Waals surface area contributed by atoms with Crippen LogP contribution in [0.4, 0.5) is 0 Å². The molecular formula is C29H40N2O. The van der Waals surface area contributed by atoms with Crippen molar-refractivity contribution >= 4 is 5.57 Å². The lowest BCUT2D eigenvalue weighted by Crippen LogP contribution is -2.47. The molecule has 0 radical (unpaired) electrons. The van der Waals surface area contributed by atoms with Crippen LogP contribution in [0.3, 0.4) is 0 Å². The molecule has 4 rings (SSSR count). The molecule has 0 unspecified atom stereocenters. The Morgan fingerprint density at radius 3 is 2.53 bits per heavy atom. The van der Waals surface area contributed by atoms with Gasteiger partial charge in [-0.2, -0.15) is 0 Å². The first-order valence-electron chi connectivity index (χ1n) is 12.7. The molecule has 1 heterocycles. The molecule has 0 atom stereocenters. The second kappa shape index (κ2) is 11.7. The number of rotatable bonds is 9. The van der Waals surface area contributed by atoms with Crippen molar-refractivity contribution in [3.8, 4) is 0 Å². The molecule has 2 aliphatic carbocycles. The number of hydrogen-bond acceptors (Lipinski definition) is 3. The third-order valence-corrected chi connectivity index (χ3v) is 7.02. The van der Waals surface area contributed by atoms with Crippen LogP contribution in [0.15, 0.2) is 71.5 Å².